The Kier molecular flexibility index (Phi) is 7.69. The maximum atomic E-state index is 12.5. The summed E-state index contributed by atoms with van der Waals surface area (Å²) in [7, 11) is -3.77. The maximum absolute atomic E-state index is 12.5. The third-order valence-electron chi connectivity index (χ3n) is 3.87. The van der Waals surface area contributed by atoms with Crippen molar-refractivity contribution < 1.29 is 22.8 Å². The van der Waals surface area contributed by atoms with E-state index in [0.717, 1.165) is 0 Å². The average molecular weight is 428 g/mol. The second-order valence-electron chi connectivity index (χ2n) is 6.02. The van der Waals surface area contributed by atoms with Gasteiger partial charge in [-0.15, -0.1) is 6.42 Å². The Morgan fingerprint density at radius 3 is 2.30 bits per heavy atom. The predicted molar refractivity (Wildman–Crippen MR) is 111 cm³/mol. The third kappa shape index (κ3) is 6.16. The van der Waals surface area contributed by atoms with Crippen LogP contribution in [0.4, 0.5) is 5.69 Å². The Labute approximate surface area is 174 Å². The van der Waals surface area contributed by atoms with E-state index in [2.05, 4.69) is 21.3 Å². The van der Waals surface area contributed by atoms with Crippen molar-refractivity contribution >= 4 is 33.4 Å². The molecule has 2 aromatic carbocycles. The standard InChI is InChI=1S/C20H20N4O5S/c1-2-12-23-30(28,29)15-9-7-14(8-10-15)19(26)24-17-6-4-3-5-16(17)20(27)22-13-11-18(21)25/h1,3-10,23H,11-13H2,(H2,21,25)(H,22,27)(H,24,26). The highest BCUT2D eigenvalue weighted by Gasteiger charge is 2.16. The van der Waals surface area contributed by atoms with E-state index >= 15 is 0 Å². The molecule has 0 atom stereocenters. The van der Waals surface area contributed by atoms with Crippen molar-refractivity contribution in [1.82, 2.24) is 10.0 Å². The number of carbonyl (C=O) groups excluding carboxylic acids is 3. The second kappa shape index (κ2) is 10.2. The highest BCUT2D eigenvalue weighted by Crippen LogP contribution is 2.17. The summed E-state index contributed by atoms with van der Waals surface area (Å²) >= 11 is 0. The van der Waals surface area contributed by atoms with Gasteiger partial charge >= 0.3 is 0 Å². The van der Waals surface area contributed by atoms with Crippen LogP contribution in [-0.4, -0.2) is 39.2 Å². The van der Waals surface area contributed by atoms with Crippen molar-refractivity contribution in [3.63, 3.8) is 0 Å². The van der Waals surface area contributed by atoms with Gasteiger partial charge in [0.1, 0.15) is 0 Å². The van der Waals surface area contributed by atoms with Crippen molar-refractivity contribution in [3.05, 3.63) is 59.7 Å². The zero-order valence-electron chi connectivity index (χ0n) is 15.8. The van der Waals surface area contributed by atoms with Gasteiger partial charge in [-0.1, -0.05) is 18.1 Å². The van der Waals surface area contributed by atoms with Crippen molar-refractivity contribution in [3.8, 4) is 12.3 Å². The number of nitrogens with two attached hydrogens (primary N) is 1. The molecule has 2 rings (SSSR count). The fourth-order valence-electron chi connectivity index (χ4n) is 2.38. The first-order valence-corrected chi connectivity index (χ1v) is 10.2. The van der Waals surface area contributed by atoms with Crippen LogP contribution < -0.4 is 21.1 Å². The van der Waals surface area contributed by atoms with Crippen molar-refractivity contribution in [2.75, 3.05) is 18.4 Å². The number of sulfonamides is 1. The highest BCUT2D eigenvalue weighted by molar-refractivity contribution is 7.89. The zero-order chi connectivity index (χ0) is 22.1. The molecule has 0 fully saturated rings. The van der Waals surface area contributed by atoms with Gasteiger partial charge in [-0.25, -0.2) is 8.42 Å². The average Bonchev–Trinajstić information content (AvgIpc) is 2.72. The molecule has 30 heavy (non-hydrogen) atoms. The van der Waals surface area contributed by atoms with Gasteiger partial charge in [0.15, 0.2) is 0 Å². The Hall–Kier alpha value is -3.68. The van der Waals surface area contributed by atoms with Gasteiger partial charge in [-0.3, -0.25) is 14.4 Å². The summed E-state index contributed by atoms with van der Waals surface area (Å²) in [5, 5.41) is 5.16. The maximum Gasteiger partial charge on any atom is 0.255 e. The highest BCUT2D eigenvalue weighted by atomic mass is 32.2. The Morgan fingerprint density at radius 1 is 1.00 bits per heavy atom. The molecule has 0 spiro atoms. The van der Waals surface area contributed by atoms with Crippen molar-refractivity contribution in [2.24, 2.45) is 5.73 Å². The van der Waals surface area contributed by atoms with Crippen LogP contribution in [0.15, 0.2) is 53.4 Å². The van der Waals surface area contributed by atoms with Gasteiger partial charge in [0, 0.05) is 18.5 Å². The van der Waals surface area contributed by atoms with Crippen LogP contribution >= 0.6 is 0 Å². The minimum Gasteiger partial charge on any atom is -0.370 e. The number of anilines is 1. The normalized spacial score (nSPS) is 10.6. The van der Waals surface area contributed by atoms with Crippen LogP contribution in [-0.2, 0) is 14.8 Å². The second-order valence-corrected chi connectivity index (χ2v) is 7.79. The lowest BCUT2D eigenvalue weighted by atomic mass is 10.1. The van der Waals surface area contributed by atoms with Crippen molar-refractivity contribution in [2.45, 2.75) is 11.3 Å². The number of hydrogen-bond acceptors (Lipinski definition) is 5. The lowest BCUT2D eigenvalue weighted by Crippen LogP contribution is -2.28. The van der Waals surface area contributed by atoms with Crippen LogP contribution in [0.5, 0.6) is 0 Å². The number of carbonyl (C=O) groups is 3. The van der Waals surface area contributed by atoms with Gasteiger partial charge in [0.2, 0.25) is 15.9 Å². The molecule has 5 N–H and O–H groups in total. The minimum atomic E-state index is -3.77. The number of para-hydroxylation sites is 1. The molecule has 3 amide bonds. The number of amides is 3. The fourth-order valence-corrected chi connectivity index (χ4v) is 3.32. The minimum absolute atomic E-state index is 0.00821. The van der Waals surface area contributed by atoms with E-state index in [9.17, 15) is 22.8 Å². The first-order valence-electron chi connectivity index (χ1n) is 8.74. The van der Waals surface area contributed by atoms with Crippen LogP contribution in [0.1, 0.15) is 27.1 Å². The van der Waals surface area contributed by atoms with E-state index in [1.165, 1.54) is 30.3 Å². The number of primary amides is 1. The Morgan fingerprint density at radius 2 is 1.67 bits per heavy atom. The van der Waals surface area contributed by atoms with E-state index in [1.54, 1.807) is 18.2 Å². The van der Waals surface area contributed by atoms with Gasteiger partial charge in [0.25, 0.3) is 11.8 Å². The van der Waals surface area contributed by atoms with Crippen LogP contribution in [0.25, 0.3) is 0 Å². The Bertz CT molecular complexity index is 1090. The van der Waals surface area contributed by atoms with Gasteiger partial charge in [-0.05, 0) is 36.4 Å². The van der Waals surface area contributed by atoms with E-state index < -0.39 is 27.7 Å². The molecule has 0 heterocycles. The zero-order valence-corrected chi connectivity index (χ0v) is 16.7. The summed E-state index contributed by atoms with van der Waals surface area (Å²) in [4.78, 5) is 35.6. The first-order chi connectivity index (χ1) is 14.2. The summed E-state index contributed by atoms with van der Waals surface area (Å²) in [6.07, 6.45) is 5.04. The number of benzene rings is 2. The van der Waals surface area contributed by atoms with Gasteiger partial charge in [0.05, 0.1) is 22.7 Å². The monoisotopic (exact) mass is 428 g/mol. The molecular weight excluding hydrogens is 408 g/mol. The summed E-state index contributed by atoms with van der Waals surface area (Å²) in [5.74, 6) is 0.616. The largest absolute Gasteiger partial charge is 0.370 e. The first kappa shape index (κ1) is 22.6. The summed E-state index contributed by atoms with van der Waals surface area (Å²) in [6, 6.07) is 11.6. The number of hydrogen-bond donors (Lipinski definition) is 4. The molecule has 0 aliphatic carbocycles. The van der Waals surface area contributed by atoms with E-state index in [0.29, 0.717) is 0 Å². The number of terminal acetylenes is 1. The molecule has 0 aromatic heterocycles. The molecule has 2 aromatic rings. The fraction of sp³-hybridized carbons (Fsp3) is 0.150. The van der Waals surface area contributed by atoms with Gasteiger partial charge in [-0.2, -0.15) is 4.72 Å². The van der Waals surface area contributed by atoms with Gasteiger partial charge < -0.3 is 16.4 Å². The van der Waals surface area contributed by atoms with Crippen LogP contribution in [0.3, 0.4) is 0 Å². The SMILES string of the molecule is C#CCNS(=O)(=O)c1ccc(C(=O)Nc2ccccc2C(=O)NCCC(N)=O)cc1. The number of nitrogens with one attached hydrogen (secondary N) is 3. The molecule has 0 saturated carbocycles. The summed E-state index contributed by atoms with van der Waals surface area (Å²) in [6.45, 7) is -0.0804. The topological polar surface area (TPSA) is 147 Å². The number of rotatable bonds is 9. The van der Waals surface area contributed by atoms with Crippen LogP contribution in [0, 0.1) is 12.3 Å². The van der Waals surface area contributed by atoms with Crippen LogP contribution in [0.2, 0.25) is 0 Å². The predicted octanol–water partition coefficient (Wildman–Crippen LogP) is 0.456. The third-order valence-corrected chi connectivity index (χ3v) is 5.29. The van der Waals surface area contributed by atoms with E-state index in [4.69, 9.17) is 12.2 Å². The van der Waals surface area contributed by atoms with E-state index in [-0.39, 0.29) is 41.2 Å². The quantitative estimate of drug-likeness (QED) is 0.428. The molecule has 9 nitrogen and oxygen atoms in total. The lowest BCUT2D eigenvalue weighted by Gasteiger charge is -2.11. The lowest BCUT2D eigenvalue weighted by molar-refractivity contribution is -0.117. The molecule has 0 bridgehead atoms. The Balaban J connectivity index is 2.12. The molecule has 0 aliphatic rings. The molecule has 0 radical (unpaired) electrons. The molecule has 10 heteroatoms. The molecular formula is C20H20N4O5S. The molecule has 0 saturated heterocycles. The molecule has 0 unspecified atom stereocenters. The smallest absolute Gasteiger partial charge is 0.255 e. The summed E-state index contributed by atoms with van der Waals surface area (Å²) < 4.78 is 26.3. The molecule has 0 aliphatic heterocycles. The molecule has 156 valence electrons. The van der Waals surface area contributed by atoms with Crippen molar-refractivity contribution in [1.29, 1.82) is 0 Å². The van der Waals surface area contributed by atoms with E-state index in [1.807, 2.05) is 0 Å². The summed E-state index contributed by atoms with van der Waals surface area (Å²) in [5.41, 5.74) is 5.69.